The second-order valence-corrected chi connectivity index (χ2v) is 7.78. The molecule has 1 aromatic carbocycles. The van der Waals surface area contributed by atoms with Gasteiger partial charge in [-0.2, -0.15) is 0 Å². The maximum absolute atomic E-state index is 12.6. The third kappa shape index (κ3) is 3.84. The van der Waals surface area contributed by atoms with Crippen LogP contribution in [0.25, 0.3) is 0 Å². The minimum Gasteiger partial charge on any atom is -0.378 e. The van der Waals surface area contributed by atoms with E-state index < -0.39 is 0 Å². The van der Waals surface area contributed by atoms with E-state index in [1.165, 1.54) is 34.3 Å². The van der Waals surface area contributed by atoms with Crippen molar-refractivity contribution in [1.29, 1.82) is 0 Å². The van der Waals surface area contributed by atoms with E-state index in [1.54, 1.807) is 5.51 Å². The van der Waals surface area contributed by atoms with E-state index in [0.29, 0.717) is 5.75 Å². The number of aromatic nitrogens is 2. The van der Waals surface area contributed by atoms with E-state index in [2.05, 4.69) is 39.4 Å². The molecule has 0 aliphatic carbocycles. The summed E-state index contributed by atoms with van der Waals surface area (Å²) in [6.45, 7) is 0.840. The van der Waals surface area contributed by atoms with Crippen LogP contribution in [-0.4, -0.2) is 47.4 Å². The fraction of sp³-hybridized carbons (Fsp3) is 0.438. The summed E-state index contributed by atoms with van der Waals surface area (Å²) in [5.41, 5.74) is 4.09. The Balaban J connectivity index is 1.69. The van der Waals surface area contributed by atoms with Crippen molar-refractivity contribution in [2.75, 3.05) is 31.3 Å². The Morgan fingerprint density at radius 2 is 2.35 bits per heavy atom. The Labute approximate surface area is 144 Å². The van der Waals surface area contributed by atoms with Crippen LogP contribution < -0.4 is 4.90 Å². The summed E-state index contributed by atoms with van der Waals surface area (Å²) in [5, 5.41) is 7.78. The lowest BCUT2D eigenvalue weighted by molar-refractivity contribution is -0.129. The number of likely N-dealkylation sites (tertiary alicyclic amines) is 1. The molecule has 23 heavy (non-hydrogen) atoms. The van der Waals surface area contributed by atoms with Crippen molar-refractivity contribution in [3.05, 3.63) is 35.3 Å². The number of rotatable bonds is 5. The molecule has 1 aliphatic rings. The second-order valence-electron chi connectivity index (χ2n) is 5.73. The van der Waals surface area contributed by atoms with Crippen LogP contribution in [0.2, 0.25) is 0 Å². The first-order valence-electron chi connectivity index (χ1n) is 7.61. The van der Waals surface area contributed by atoms with Crippen molar-refractivity contribution < 1.29 is 4.79 Å². The summed E-state index contributed by atoms with van der Waals surface area (Å²) in [4.78, 5) is 16.7. The van der Waals surface area contributed by atoms with Gasteiger partial charge in [0.1, 0.15) is 5.51 Å². The van der Waals surface area contributed by atoms with E-state index in [-0.39, 0.29) is 11.9 Å². The first-order chi connectivity index (χ1) is 11.1. The van der Waals surface area contributed by atoms with Gasteiger partial charge in [-0.25, -0.2) is 0 Å². The SMILES string of the molecule is CN(C)c1cccc(C2CCCN2C(=O)CSc2nncs2)c1. The first-order valence-corrected chi connectivity index (χ1v) is 9.47. The van der Waals surface area contributed by atoms with E-state index >= 15 is 0 Å². The van der Waals surface area contributed by atoms with Crippen molar-refractivity contribution in [3.8, 4) is 0 Å². The molecule has 5 nitrogen and oxygen atoms in total. The van der Waals surface area contributed by atoms with Gasteiger partial charge in [0.2, 0.25) is 5.91 Å². The number of benzene rings is 1. The first kappa shape index (κ1) is 16.3. The molecule has 1 atom stereocenters. The monoisotopic (exact) mass is 348 g/mol. The summed E-state index contributed by atoms with van der Waals surface area (Å²) < 4.78 is 0.851. The molecular formula is C16H20N4OS2. The summed E-state index contributed by atoms with van der Waals surface area (Å²) in [6, 6.07) is 8.67. The lowest BCUT2D eigenvalue weighted by Crippen LogP contribution is -2.32. The van der Waals surface area contributed by atoms with Crippen LogP contribution >= 0.6 is 23.1 Å². The molecule has 1 saturated heterocycles. The van der Waals surface area contributed by atoms with Gasteiger partial charge in [-0.15, -0.1) is 10.2 Å². The zero-order valence-corrected chi connectivity index (χ0v) is 14.9. The molecular weight excluding hydrogens is 328 g/mol. The lowest BCUT2D eigenvalue weighted by atomic mass is 10.0. The van der Waals surface area contributed by atoms with E-state index in [9.17, 15) is 4.79 Å². The number of anilines is 1. The standard InChI is InChI=1S/C16H20N4OS2/c1-19(2)13-6-3-5-12(9-13)14-7-4-8-20(14)15(21)10-22-16-18-17-11-23-16/h3,5-6,9,11,14H,4,7-8,10H2,1-2H3. The molecule has 1 unspecified atom stereocenters. The largest absolute Gasteiger partial charge is 0.378 e. The molecule has 1 aliphatic heterocycles. The highest BCUT2D eigenvalue weighted by Gasteiger charge is 2.30. The van der Waals surface area contributed by atoms with Crippen LogP contribution in [0.3, 0.4) is 0 Å². The third-order valence-corrected chi connectivity index (χ3v) is 5.85. The molecule has 1 fully saturated rings. The highest BCUT2D eigenvalue weighted by molar-refractivity contribution is 8.01. The van der Waals surface area contributed by atoms with Crippen LogP contribution in [0.15, 0.2) is 34.1 Å². The van der Waals surface area contributed by atoms with Crippen molar-refractivity contribution in [2.24, 2.45) is 0 Å². The van der Waals surface area contributed by atoms with Gasteiger partial charge in [0.15, 0.2) is 4.34 Å². The third-order valence-electron chi connectivity index (χ3n) is 4.00. The maximum atomic E-state index is 12.6. The average Bonchev–Trinajstić information content (AvgIpc) is 3.24. The van der Waals surface area contributed by atoms with E-state index in [4.69, 9.17) is 0 Å². The quantitative estimate of drug-likeness (QED) is 0.777. The van der Waals surface area contributed by atoms with Gasteiger partial charge in [0.05, 0.1) is 11.8 Å². The smallest absolute Gasteiger partial charge is 0.233 e. The molecule has 2 heterocycles. The molecule has 122 valence electrons. The normalized spacial score (nSPS) is 17.5. The fourth-order valence-corrected chi connectivity index (χ4v) is 4.23. The number of amides is 1. The number of hydrogen-bond acceptors (Lipinski definition) is 6. The van der Waals surface area contributed by atoms with Gasteiger partial charge < -0.3 is 9.80 Å². The minimum atomic E-state index is 0.183. The van der Waals surface area contributed by atoms with Gasteiger partial charge in [-0.3, -0.25) is 4.79 Å². The molecule has 0 spiro atoms. The number of hydrogen-bond donors (Lipinski definition) is 0. The average molecular weight is 348 g/mol. The minimum absolute atomic E-state index is 0.183. The summed E-state index contributed by atoms with van der Waals surface area (Å²) in [6.07, 6.45) is 2.10. The van der Waals surface area contributed by atoms with Crippen molar-refractivity contribution in [3.63, 3.8) is 0 Å². The highest BCUT2D eigenvalue weighted by atomic mass is 32.2. The van der Waals surface area contributed by atoms with Gasteiger partial charge >= 0.3 is 0 Å². The number of carbonyl (C=O) groups is 1. The van der Waals surface area contributed by atoms with Crippen LogP contribution in [0.4, 0.5) is 5.69 Å². The predicted octanol–water partition coefficient (Wildman–Crippen LogP) is 3.06. The summed E-state index contributed by atoms with van der Waals surface area (Å²) in [5.74, 6) is 0.613. The Kier molecular flexibility index (Phi) is 5.17. The molecule has 0 saturated carbocycles. The maximum Gasteiger partial charge on any atom is 0.233 e. The highest BCUT2D eigenvalue weighted by Crippen LogP contribution is 2.34. The van der Waals surface area contributed by atoms with Crippen molar-refractivity contribution in [2.45, 2.75) is 23.2 Å². The van der Waals surface area contributed by atoms with Crippen LogP contribution in [0.5, 0.6) is 0 Å². The molecule has 0 N–H and O–H groups in total. The van der Waals surface area contributed by atoms with Gasteiger partial charge in [-0.1, -0.05) is 35.2 Å². The molecule has 1 aromatic heterocycles. The van der Waals surface area contributed by atoms with Crippen molar-refractivity contribution in [1.82, 2.24) is 15.1 Å². The van der Waals surface area contributed by atoms with Gasteiger partial charge in [-0.05, 0) is 30.5 Å². The number of carbonyl (C=O) groups excluding carboxylic acids is 1. The van der Waals surface area contributed by atoms with Gasteiger partial charge in [0.25, 0.3) is 0 Å². The number of nitrogens with zero attached hydrogens (tertiary/aromatic N) is 4. The fourth-order valence-electron chi connectivity index (χ4n) is 2.85. The second kappa shape index (κ2) is 7.31. The predicted molar refractivity (Wildman–Crippen MR) is 95.1 cm³/mol. The molecule has 2 aromatic rings. The topological polar surface area (TPSA) is 49.3 Å². The number of thioether (sulfide) groups is 1. The molecule has 1 amide bonds. The molecule has 0 radical (unpaired) electrons. The molecule has 3 rings (SSSR count). The zero-order valence-electron chi connectivity index (χ0n) is 13.3. The Morgan fingerprint density at radius 1 is 1.48 bits per heavy atom. The van der Waals surface area contributed by atoms with Crippen molar-refractivity contribution >= 4 is 34.7 Å². The zero-order chi connectivity index (χ0) is 16.2. The van der Waals surface area contributed by atoms with Crippen LogP contribution in [0.1, 0.15) is 24.4 Å². The molecule has 0 bridgehead atoms. The van der Waals surface area contributed by atoms with Crippen LogP contribution in [0, 0.1) is 0 Å². The van der Waals surface area contributed by atoms with Crippen LogP contribution in [-0.2, 0) is 4.79 Å². The molecule has 7 heteroatoms. The van der Waals surface area contributed by atoms with E-state index in [1.807, 2.05) is 19.0 Å². The lowest BCUT2D eigenvalue weighted by Gasteiger charge is -2.26. The Bertz CT molecular complexity index is 660. The summed E-state index contributed by atoms with van der Waals surface area (Å²) >= 11 is 2.95. The Hall–Kier alpha value is -1.60. The van der Waals surface area contributed by atoms with E-state index in [0.717, 1.165) is 23.7 Å². The van der Waals surface area contributed by atoms with Gasteiger partial charge in [0, 0.05) is 26.3 Å². The summed E-state index contributed by atoms with van der Waals surface area (Å²) in [7, 11) is 4.07. The Morgan fingerprint density at radius 3 is 3.09 bits per heavy atom.